The van der Waals surface area contributed by atoms with Crippen LogP contribution in [0.5, 0.6) is 0 Å². The molecule has 2 fully saturated rings. The number of aryl methyl sites for hydroxylation is 1. The first-order valence-corrected chi connectivity index (χ1v) is 10.7. The molecule has 1 saturated heterocycles. The predicted octanol–water partition coefficient (Wildman–Crippen LogP) is 2.87. The van der Waals surface area contributed by atoms with E-state index in [1.165, 1.54) is 24.1 Å². The van der Waals surface area contributed by atoms with E-state index in [1.54, 1.807) is 0 Å². The second-order valence-electron chi connectivity index (χ2n) is 7.94. The van der Waals surface area contributed by atoms with Crippen molar-refractivity contribution in [2.45, 2.75) is 39.5 Å². The minimum Gasteiger partial charge on any atom is -0.370 e. The molecule has 28 heavy (non-hydrogen) atoms. The van der Waals surface area contributed by atoms with Crippen molar-refractivity contribution in [3.8, 4) is 0 Å². The summed E-state index contributed by atoms with van der Waals surface area (Å²) in [5, 5.41) is 3.04. The van der Waals surface area contributed by atoms with Gasteiger partial charge in [-0.15, -0.1) is 0 Å². The Morgan fingerprint density at radius 1 is 1.11 bits per heavy atom. The van der Waals surface area contributed by atoms with Gasteiger partial charge in [-0.2, -0.15) is 0 Å². The number of carbonyl (C=O) groups excluding carboxylic acids is 2. The monoisotopic (exact) mass is 386 g/mol. The molecule has 2 aliphatic rings. The number of carbonyl (C=O) groups is 2. The maximum atomic E-state index is 12.5. The van der Waals surface area contributed by atoms with E-state index in [-0.39, 0.29) is 11.9 Å². The third kappa shape index (κ3) is 5.18. The summed E-state index contributed by atoms with van der Waals surface area (Å²) in [5.74, 6) is 0.524. The van der Waals surface area contributed by atoms with Crippen molar-refractivity contribution in [3.05, 3.63) is 29.8 Å². The Balaban J connectivity index is 1.40. The van der Waals surface area contributed by atoms with Crippen LogP contribution in [-0.4, -0.2) is 67.6 Å². The lowest BCUT2D eigenvalue weighted by Gasteiger charge is -2.36. The van der Waals surface area contributed by atoms with Crippen LogP contribution < -0.4 is 10.2 Å². The lowest BCUT2D eigenvalue weighted by atomic mass is 10.1. The molecular formula is C22H34N4O2. The summed E-state index contributed by atoms with van der Waals surface area (Å²) in [6, 6.07) is 8.42. The van der Waals surface area contributed by atoms with E-state index in [1.807, 2.05) is 9.80 Å². The van der Waals surface area contributed by atoms with Crippen LogP contribution in [0.4, 0.5) is 10.5 Å². The highest BCUT2D eigenvalue weighted by Gasteiger charge is 2.30. The van der Waals surface area contributed by atoms with E-state index in [0.717, 1.165) is 25.9 Å². The molecule has 0 unspecified atom stereocenters. The Labute approximate surface area is 168 Å². The van der Waals surface area contributed by atoms with Crippen molar-refractivity contribution in [3.63, 3.8) is 0 Å². The lowest BCUT2D eigenvalue weighted by molar-refractivity contribution is -0.136. The number of anilines is 1. The SMILES string of the molecule is CCN(CCNC(=O)N1CCN(C(=O)C2CCCC2)CC1)c1cccc(C)c1. The summed E-state index contributed by atoms with van der Waals surface area (Å²) in [5.41, 5.74) is 2.43. The largest absolute Gasteiger partial charge is 0.370 e. The van der Waals surface area contributed by atoms with Gasteiger partial charge in [0.05, 0.1) is 0 Å². The summed E-state index contributed by atoms with van der Waals surface area (Å²) in [6.45, 7) is 9.09. The van der Waals surface area contributed by atoms with Gasteiger partial charge in [-0.25, -0.2) is 4.79 Å². The van der Waals surface area contributed by atoms with E-state index < -0.39 is 0 Å². The standard InChI is InChI=1S/C22H34N4O2/c1-3-24(20-10-6-7-18(2)17-20)12-11-23-22(28)26-15-13-25(14-16-26)21(27)19-8-4-5-9-19/h6-7,10,17,19H,3-5,8-9,11-16H2,1-2H3,(H,23,28). The van der Waals surface area contributed by atoms with Crippen LogP contribution in [0.3, 0.4) is 0 Å². The lowest BCUT2D eigenvalue weighted by Crippen LogP contribution is -2.54. The van der Waals surface area contributed by atoms with Gasteiger partial charge >= 0.3 is 6.03 Å². The number of amides is 3. The highest BCUT2D eigenvalue weighted by atomic mass is 16.2. The van der Waals surface area contributed by atoms with Crippen LogP contribution in [0.1, 0.15) is 38.2 Å². The Kier molecular flexibility index (Phi) is 7.18. The predicted molar refractivity (Wildman–Crippen MR) is 113 cm³/mol. The molecule has 1 N–H and O–H groups in total. The molecule has 0 spiro atoms. The number of piperazine rings is 1. The zero-order valence-electron chi connectivity index (χ0n) is 17.3. The number of urea groups is 1. The maximum Gasteiger partial charge on any atom is 0.317 e. The summed E-state index contributed by atoms with van der Waals surface area (Å²) >= 11 is 0. The zero-order chi connectivity index (χ0) is 19.9. The van der Waals surface area contributed by atoms with Gasteiger partial charge in [0.1, 0.15) is 0 Å². The minimum absolute atomic E-state index is 0.0201. The molecule has 0 atom stereocenters. The van der Waals surface area contributed by atoms with Crippen LogP contribution in [0.25, 0.3) is 0 Å². The fourth-order valence-electron chi connectivity index (χ4n) is 4.26. The quantitative estimate of drug-likeness (QED) is 0.818. The Hall–Kier alpha value is -2.24. The maximum absolute atomic E-state index is 12.5. The molecular weight excluding hydrogens is 352 g/mol. The fraction of sp³-hybridized carbons (Fsp3) is 0.636. The minimum atomic E-state index is -0.0201. The molecule has 154 valence electrons. The van der Waals surface area contributed by atoms with E-state index in [4.69, 9.17) is 0 Å². The van der Waals surface area contributed by atoms with Gasteiger partial charge in [-0.3, -0.25) is 4.79 Å². The van der Waals surface area contributed by atoms with Crippen LogP contribution in [0.2, 0.25) is 0 Å². The molecule has 1 aliphatic carbocycles. The molecule has 6 heteroatoms. The van der Waals surface area contributed by atoms with Crippen LogP contribution >= 0.6 is 0 Å². The molecule has 1 aromatic rings. The number of rotatable bonds is 6. The fourth-order valence-corrected chi connectivity index (χ4v) is 4.26. The number of benzene rings is 1. The molecule has 0 bridgehead atoms. The summed E-state index contributed by atoms with van der Waals surface area (Å²) < 4.78 is 0. The van der Waals surface area contributed by atoms with E-state index in [0.29, 0.717) is 38.6 Å². The summed E-state index contributed by atoms with van der Waals surface area (Å²) in [4.78, 5) is 31.1. The van der Waals surface area contributed by atoms with Gasteiger partial charge in [0.15, 0.2) is 0 Å². The van der Waals surface area contributed by atoms with Crippen LogP contribution in [-0.2, 0) is 4.79 Å². The first kappa shape index (κ1) is 20.5. The molecule has 1 aromatic carbocycles. The number of likely N-dealkylation sites (N-methyl/N-ethyl adjacent to an activating group) is 1. The van der Waals surface area contributed by atoms with Gasteiger partial charge < -0.3 is 20.0 Å². The van der Waals surface area contributed by atoms with Gasteiger partial charge in [0.2, 0.25) is 5.91 Å². The van der Waals surface area contributed by atoms with Crippen molar-refractivity contribution < 1.29 is 9.59 Å². The Bertz CT molecular complexity index is 664. The van der Waals surface area contributed by atoms with Gasteiger partial charge in [-0.1, -0.05) is 25.0 Å². The van der Waals surface area contributed by atoms with Crippen molar-refractivity contribution in [2.75, 3.05) is 50.7 Å². The topological polar surface area (TPSA) is 55.9 Å². The van der Waals surface area contributed by atoms with Crippen molar-refractivity contribution in [1.29, 1.82) is 0 Å². The third-order valence-corrected chi connectivity index (χ3v) is 5.99. The molecule has 3 amide bonds. The average Bonchev–Trinajstić information content (AvgIpc) is 3.25. The number of hydrogen-bond donors (Lipinski definition) is 1. The van der Waals surface area contributed by atoms with E-state index in [2.05, 4.69) is 48.3 Å². The molecule has 0 aromatic heterocycles. The summed E-state index contributed by atoms with van der Waals surface area (Å²) in [7, 11) is 0. The van der Waals surface area contributed by atoms with Gasteiger partial charge in [-0.05, 0) is 44.4 Å². The zero-order valence-corrected chi connectivity index (χ0v) is 17.3. The smallest absolute Gasteiger partial charge is 0.317 e. The first-order chi connectivity index (χ1) is 13.6. The number of nitrogens with zero attached hydrogens (tertiary/aromatic N) is 3. The highest BCUT2D eigenvalue weighted by molar-refractivity contribution is 5.80. The average molecular weight is 387 g/mol. The van der Waals surface area contributed by atoms with Crippen molar-refractivity contribution >= 4 is 17.6 Å². The van der Waals surface area contributed by atoms with Crippen LogP contribution in [0.15, 0.2) is 24.3 Å². The second-order valence-corrected chi connectivity index (χ2v) is 7.94. The van der Waals surface area contributed by atoms with Gasteiger partial charge in [0, 0.05) is 57.4 Å². The van der Waals surface area contributed by atoms with Crippen LogP contribution in [0, 0.1) is 12.8 Å². The normalized spacial score (nSPS) is 17.6. The highest BCUT2D eigenvalue weighted by Crippen LogP contribution is 2.26. The van der Waals surface area contributed by atoms with E-state index >= 15 is 0 Å². The molecule has 1 aliphatic heterocycles. The number of nitrogens with one attached hydrogen (secondary N) is 1. The molecule has 1 heterocycles. The Morgan fingerprint density at radius 3 is 2.43 bits per heavy atom. The molecule has 6 nitrogen and oxygen atoms in total. The first-order valence-electron chi connectivity index (χ1n) is 10.7. The molecule has 0 radical (unpaired) electrons. The second kappa shape index (κ2) is 9.80. The third-order valence-electron chi connectivity index (χ3n) is 5.99. The number of hydrogen-bond acceptors (Lipinski definition) is 3. The Morgan fingerprint density at radius 2 is 1.79 bits per heavy atom. The molecule has 3 rings (SSSR count). The van der Waals surface area contributed by atoms with Crippen molar-refractivity contribution in [2.24, 2.45) is 5.92 Å². The van der Waals surface area contributed by atoms with Crippen molar-refractivity contribution in [1.82, 2.24) is 15.1 Å². The van der Waals surface area contributed by atoms with Gasteiger partial charge in [0.25, 0.3) is 0 Å². The molecule has 1 saturated carbocycles. The van der Waals surface area contributed by atoms with E-state index in [9.17, 15) is 9.59 Å². The summed E-state index contributed by atoms with van der Waals surface area (Å²) in [6.07, 6.45) is 4.43.